The van der Waals surface area contributed by atoms with Gasteiger partial charge < -0.3 is 20.8 Å². The number of imide groups is 3. The molecule has 0 aromatic heterocycles. The quantitative estimate of drug-likeness (QED) is 0.0339. The predicted octanol–water partition coefficient (Wildman–Crippen LogP) is -3.38. The van der Waals surface area contributed by atoms with E-state index in [0.29, 0.717) is 5.06 Å². The van der Waals surface area contributed by atoms with E-state index in [1.807, 2.05) is 0 Å². The number of hydrogen-bond acceptors (Lipinski definition) is 12. The van der Waals surface area contributed by atoms with Crippen LogP contribution in [0.5, 0.6) is 0 Å². The van der Waals surface area contributed by atoms with Crippen LogP contribution < -0.4 is 31.2 Å². The molecule has 1 unspecified atom stereocenters. The van der Waals surface area contributed by atoms with Crippen molar-refractivity contribution in [3.8, 4) is 0 Å². The first-order chi connectivity index (χ1) is 24.3. The minimum absolute atomic E-state index is 0.00218. The maximum atomic E-state index is 13.6. The minimum atomic E-state index is -3.60. The maximum absolute atomic E-state index is 13.6. The third-order valence-corrected chi connectivity index (χ3v) is 9.26. The average molecular weight is 738 g/mol. The van der Waals surface area contributed by atoms with Gasteiger partial charge in [0.15, 0.2) is 0 Å². The van der Waals surface area contributed by atoms with Crippen LogP contribution in [0.15, 0.2) is 24.3 Å². The van der Waals surface area contributed by atoms with E-state index in [0.717, 1.165) is 34.1 Å². The van der Waals surface area contributed by atoms with Crippen LogP contribution in [0.4, 0.5) is 0 Å². The first-order valence-electron chi connectivity index (χ1n) is 16.1. The van der Waals surface area contributed by atoms with Crippen LogP contribution in [0.1, 0.15) is 44.9 Å². The van der Waals surface area contributed by atoms with E-state index in [4.69, 9.17) is 4.84 Å². The molecule has 1 fully saturated rings. The minimum Gasteiger partial charge on any atom is -0.355 e. The predicted molar refractivity (Wildman–Crippen MR) is 173 cm³/mol. The Morgan fingerprint density at radius 2 is 0.980 bits per heavy atom. The molecule has 0 bridgehead atoms. The Balaban J connectivity index is 1.38. The summed E-state index contributed by atoms with van der Waals surface area (Å²) >= 11 is 0. The summed E-state index contributed by atoms with van der Waals surface area (Å²) in [5.41, 5.74) is 0. The molecule has 0 spiro atoms. The molecular weight excluding hydrogens is 697 g/mol. The fourth-order valence-corrected chi connectivity index (χ4v) is 6.23. The molecule has 0 radical (unpaired) electrons. The van der Waals surface area contributed by atoms with Crippen LogP contribution in [0.25, 0.3) is 0 Å². The van der Waals surface area contributed by atoms with Gasteiger partial charge in [0.1, 0.15) is 0 Å². The summed E-state index contributed by atoms with van der Waals surface area (Å²) in [6.45, 7) is 0.00729. The normalized spacial score (nSPS) is 16.7. The molecule has 0 aromatic carbocycles. The van der Waals surface area contributed by atoms with Gasteiger partial charge in [-0.25, -0.2) is 20.1 Å². The molecule has 22 heteroatoms. The van der Waals surface area contributed by atoms with Gasteiger partial charge in [-0.05, 0) is 6.42 Å². The number of nitrogens with zero attached hydrogens (tertiary/aromatic N) is 3. The van der Waals surface area contributed by atoms with Crippen LogP contribution in [-0.2, 0) is 57.3 Å². The van der Waals surface area contributed by atoms with Crippen molar-refractivity contribution >= 4 is 66.7 Å². The van der Waals surface area contributed by atoms with E-state index in [1.165, 1.54) is 0 Å². The fraction of sp³-hybridized carbons (Fsp3) is 0.517. The molecule has 6 N–H and O–H groups in total. The highest BCUT2D eigenvalue weighted by molar-refractivity contribution is 7.57. The lowest BCUT2D eigenvalue weighted by Gasteiger charge is -2.22. The van der Waals surface area contributed by atoms with E-state index in [1.54, 1.807) is 0 Å². The van der Waals surface area contributed by atoms with Crippen molar-refractivity contribution in [3.05, 3.63) is 24.3 Å². The lowest BCUT2D eigenvalue weighted by Crippen LogP contribution is -2.42. The number of rotatable bonds is 23. The average Bonchev–Trinajstić information content (AvgIpc) is 3.71. The lowest BCUT2D eigenvalue weighted by molar-refractivity contribution is -0.197. The molecule has 21 nitrogen and oxygen atoms in total. The maximum Gasteiger partial charge on any atom is 0.333 e. The molecular formula is C29H40N9O12P. The Labute approximate surface area is 291 Å². The Morgan fingerprint density at radius 1 is 0.569 bits per heavy atom. The zero-order valence-corrected chi connectivity index (χ0v) is 28.5. The van der Waals surface area contributed by atoms with Gasteiger partial charge in [-0.15, -0.1) is 5.06 Å². The van der Waals surface area contributed by atoms with Crippen molar-refractivity contribution in [2.24, 2.45) is 0 Å². The third kappa shape index (κ3) is 13.6. The highest BCUT2D eigenvalue weighted by Gasteiger charge is 2.33. The molecule has 3 rings (SSSR count). The monoisotopic (exact) mass is 737 g/mol. The van der Waals surface area contributed by atoms with Crippen LogP contribution in [0, 0.1) is 0 Å². The number of nitrogens with one attached hydrogen (secondary N) is 6. The van der Waals surface area contributed by atoms with Crippen molar-refractivity contribution in [1.82, 2.24) is 46.1 Å². The van der Waals surface area contributed by atoms with Gasteiger partial charge >= 0.3 is 5.97 Å². The van der Waals surface area contributed by atoms with E-state index in [9.17, 15) is 52.5 Å². The molecule has 0 aliphatic carbocycles. The molecule has 278 valence electrons. The molecule has 9 amide bonds. The Hall–Kier alpha value is -5.11. The highest BCUT2D eigenvalue weighted by Crippen LogP contribution is 2.28. The van der Waals surface area contributed by atoms with Gasteiger partial charge in [0.25, 0.3) is 43.0 Å². The van der Waals surface area contributed by atoms with Crippen LogP contribution in [0.2, 0.25) is 0 Å². The van der Waals surface area contributed by atoms with E-state index >= 15 is 0 Å². The van der Waals surface area contributed by atoms with Crippen LogP contribution in [-0.4, -0.2) is 126 Å². The van der Waals surface area contributed by atoms with E-state index in [-0.39, 0.29) is 96.8 Å². The SMILES string of the molecule is O=C(CCCN1C(=O)C=CC1=O)NCCNP(=O)(NCCNC(=O)CCC(=O)ON1C(=O)CCC1=O)NCCNC(=O)CCN1C(=O)C=CC1=O. The van der Waals surface area contributed by atoms with Crippen molar-refractivity contribution in [2.45, 2.75) is 44.9 Å². The molecule has 0 saturated carbocycles. The van der Waals surface area contributed by atoms with Gasteiger partial charge in [-0.3, -0.25) is 57.5 Å². The zero-order valence-electron chi connectivity index (χ0n) is 27.6. The number of hydrogen-bond donors (Lipinski definition) is 6. The van der Waals surface area contributed by atoms with Crippen molar-refractivity contribution in [2.75, 3.05) is 52.4 Å². The van der Waals surface area contributed by atoms with Crippen molar-refractivity contribution < 1.29 is 57.3 Å². The largest absolute Gasteiger partial charge is 0.355 e. The number of hydroxylamine groups is 2. The highest BCUT2D eigenvalue weighted by atomic mass is 31.2. The summed E-state index contributed by atoms with van der Waals surface area (Å²) in [4.78, 5) is 125. The Bertz CT molecular complexity index is 1480. The van der Waals surface area contributed by atoms with Gasteiger partial charge in [-0.2, -0.15) is 0 Å². The second-order valence-electron chi connectivity index (χ2n) is 11.1. The van der Waals surface area contributed by atoms with Gasteiger partial charge in [0.05, 0.1) is 6.42 Å². The van der Waals surface area contributed by atoms with E-state index < -0.39 is 67.2 Å². The summed E-state index contributed by atoms with van der Waals surface area (Å²) in [5, 5.41) is 16.4. The van der Waals surface area contributed by atoms with Crippen molar-refractivity contribution in [1.29, 1.82) is 0 Å². The first kappa shape index (κ1) is 40.3. The van der Waals surface area contributed by atoms with Crippen LogP contribution >= 0.6 is 7.59 Å². The van der Waals surface area contributed by atoms with Crippen LogP contribution in [0.3, 0.4) is 0 Å². The molecule has 1 atom stereocenters. The first-order valence-corrected chi connectivity index (χ1v) is 17.8. The fourth-order valence-electron chi connectivity index (χ4n) is 4.61. The topological polar surface area (TPSA) is 279 Å². The van der Waals surface area contributed by atoms with Gasteiger partial charge in [0, 0.05) is 109 Å². The molecule has 0 aromatic rings. The van der Waals surface area contributed by atoms with Crippen molar-refractivity contribution in [3.63, 3.8) is 0 Å². The molecule has 3 aliphatic rings. The third-order valence-electron chi connectivity index (χ3n) is 7.25. The summed E-state index contributed by atoms with van der Waals surface area (Å²) in [6.07, 6.45) is 3.84. The zero-order chi connectivity index (χ0) is 37.4. The lowest BCUT2D eigenvalue weighted by atomic mass is 10.3. The smallest absolute Gasteiger partial charge is 0.333 e. The van der Waals surface area contributed by atoms with E-state index in [2.05, 4.69) is 31.2 Å². The molecule has 3 heterocycles. The summed E-state index contributed by atoms with van der Waals surface area (Å²) in [7, 11) is -3.60. The second kappa shape index (κ2) is 19.9. The molecule has 1 saturated heterocycles. The number of carbonyl (C=O) groups is 10. The number of amides is 9. The number of carbonyl (C=O) groups excluding carboxylic acids is 10. The summed E-state index contributed by atoms with van der Waals surface area (Å²) in [6, 6.07) is 0. The summed E-state index contributed by atoms with van der Waals surface area (Å²) in [5.74, 6) is -5.51. The molecule has 3 aliphatic heterocycles. The molecule has 51 heavy (non-hydrogen) atoms. The standard InChI is InChI=1S/C29H40N9O12P/c39-20(2-1-18-36-23(42)4-5-24(36)43)30-12-15-33-51(49,35-17-14-32-22(41)11-19-37-25(44)6-7-26(37)45)34-16-13-31-21(40)3-10-29(48)50-38-27(46)8-9-28(38)47/h4-7H,1-3,8-19H2,(H,30,39)(H,31,40)(H,32,41)(H3,33,34,35,49). The Morgan fingerprint density at radius 3 is 1.45 bits per heavy atom. The second-order valence-corrected chi connectivity index (χ2v) is 13.3. The Kier molecular flexibility index (Phi) is 15.7. The van der Waals surface area contributed by atoms with Gasteiger partial charge in [0.2, 0.25) is 17.7 Å². The summed E-state index contributed by atoms with van der Waals surface area (Å²) < 4.78 is 13.6. The van der Waals surface area contributed by atoms with Gasteiger partial charge in [-0.1, -0.05) is 0 Å².